The van der Waals surface area contributed by atoms with Gasteiger partial charge in [0.25, 0.3) is 0 Å². The molecule has 1 heterocycles. The van der Waals surface area contributed by atoms with Crippen LogP contribution in [-0.4, -0.2) is 36.1 Å². The third-order valence-electron chi connectivity index (χ3n) is 2.72. The summed E-state index contributed by atoms with van der Waals surface area (Å²) in [7, 11) is 1.98. The molecule has 92 valence electrons. The van der Waals surface area contributed by atoms with Crippen molar-refractivity contribution >= 4 is 5.97 Å². The summed E-state index contributed by atoms with van der Waals surface area (Å²) in [6, 6.07) is -0.0829. The third kappa shape index (κ3) is 3.63. The van der Waals surface area contributed by atoms with E-state index in [1.807, 2.05) is 34.7 Å². The lowest BCUT2D eigenvalue weighted by Crippen LogP contribution is -2.38. The predicted molar refractivity (Wildman–Crippen MR) is 65.2 cm³/mol. The Morgan fingerprint density at radius 1 is 1.44 bits per heavy atom. The molecule has 0 aromatic heterocycles. The van der Waals surface area contributed by atoms with Gasteiger partial charge in [-0.1, -0.05) is 12.2 Å². The fraction of sp³-hybridized carbons (Fsp3) is 0.769. The van der Waals surface area contributed by atoms with Gasteiger partial charge in [-0.3, -0.25) is 9.69 Å². The van der Waals surface area contributed by atoms with Gasteiger partial charge >= 0.3 is 5.97 Å². The highest BCUT2D eigenvalue weighted by atomic mass is 16.6. The first kappa shape index (κ1) is 13.2. The molecule has 1 fully saturated rings. The van der Waals surface area contributed by atoms with Crippen molar-refractivity contribution in [2.75, 3.05) is 13.6 Å². The van der Waals surface area contributed by atoms with Crippen LogP contribution in [0.25, 0.3) is 0 Å². The summed E-state index contributed by atoms with van der Waals surface area (Å²) in [6.45, 7) is 8.67. The minimum absolute atomic E-state index is 0.0829. The maximum Gasteiger partial charge on any atom is 0.323 e. The van der Waals surface area contributed by atoms with Crippen molar-refractivity contribution in [3.63, 3.8) is 0 Å². The second kappa shape index (κ2) is 5.00. The number of rotatable bonds is 2. The molecule has 0 aromatic rings. The van der Waals surface area contributed by atoms with Crippen molar-refractivity contribution in [3.8, 4) is 0 Å². The van der Waals surface area contributed by atoms with Crippen LogP contribution in [-0.2, 0) is 9.53 Å². The van der Waals surface area contributed by atoms with Gasteiger partial charge in [0.1, 0.15) is 11.6 Å². The predicted octanol–water partition coefficient (Wildman–Crippen LogP) is 2.22. The van der Waals surface area contributed by atoms with Crippen molar-refractivity contribution < 1.29 is 9.53 Å². The van der Waals surface area contributed by atoms with Crippen LogP contribution in [0, 0.1) is 5.92 Å². The first-order chi connectivity index (χ1) is 7.33. The first-order valence-electron chi connectivity index (χ1n) is 5.89. The number of esters is 1. The smallest absolute Gasteiger partial charge is 0.323 e. The maximum absolute atomic E-state index is 11.9. The van der Waals surface area contributed by atoms with E-state index in [1.54, 1.807) is 0 Å². The number of carbonyl (C=O) groups is 1. The third-order valence-corrected chi connectivity index (χ3v) is 2.72. The van der Waals surface area contributed by atoms with Gasteiger partial charge in [0.2, 0.25) is 0 Å². The van der Waals surface area contributed by atoms with Gasteiger partial charge in [-0.2, -0.15) is 0 Å². The number of likely N-dealkylation sites (N-methyl/N-ethyl adjacent to an activating group) is 1. The zero-order valence-corrected chi connectivity index (χ0v) is 11.0. The fourth-order valence-electron chi connectivity index (χ4n) is 2.10. The minimum Gasteiger partial charge on any atom is -0.459 e. The molecule has 0 saturated carbocycles. The largest absolute Gasteiger partial charge is 0.459 e. The van der Waals surface area contributed by atoms with Crippen LogP contribution in [0.4, 0.5) is 0 Å². The Kier molecular flexibility index (Phi) is 4.14. The molecule has 0 aliphatic carbocycles. The van der Waals surface area contributed by atoms with Crippen LogP contribution in [0.3, 0.4) is 0 Å². The summed E-state index contributed by atoms with van der Waals surface area (Å²) in [4.78, 5) is 14.0. The van der Waals surface area contributed by atoms with Crippen LogP contribution in [0.5, 0.6) is 0 Å². The zero-order valence-electron chi connectivity index (χ0n) is 11.0. The number of hydrogen-bond acceptors (Lipinski definition) is 3. The number of allylic oxidation sites excluding steroid dienone is 1. The van der Waals surface area contributed by atoms with Crippen molar-refractivity contribution in [1.82, 2.24) is 4.90 Å². The van der Waals surface area contributed by atoms with Crippen LogP contribution < -0.4 is 0 Å². The molecule has 0 bridgehead atoms. The van der Waals surface area contributed by atoms with E-state index in [9.17, 15) is 4.79 Å². The normalized spacial score (nSPS) is 27.6. The highest BCUT2D eigenvalue weighted by Crippen LogP contribution is 2.25. The summed E-state index contributed by atoms with van der Waals surface area (Å²) in [5.74, 6) is 0.384. The van der Waals surface area contributed by atoms with E-state index in [-0.39, 0.29) is 12.0 Å². The van der Waals surface area contributed by atoms with Crippen LogP contribution >= 0.6 is 0 Å². The number of likely N-dealkylation sites (tertiary alicyclic amines) is 1. The van der Waals surface area contributed by atoms with Gasteiger partial charge < -0.3 is 4.74 Å². The lowest BCUT2D eigenvalue weighted by molar-refractivity contribution is -0.159. The Hall–Kier alpha value is -0.830. The summed E-state index contributed by atoms with van der Waals surface area (Å²) >= 11 is 0. The zero-order chi connectivity index (χ0) is 12.3. The van der Waals surface area contributed by atoms with E-state index < -0.39 is 5.60 Å². The molecule has 0 aromatic carbocycles. The van der Waals surface area contributed by atoms with Gasteiger partial charge in [-0.15, -0.1) is 0 Å². The number of hydrogen-bond donors (Lipinski definition) is 0. The maximum atomic E-state index is 11.9. The van der Waals surface area contributed by atoms with E-state index in [4.69, 9.17) is 4.74 Å². The SMILES string of the molecule is C/C=C\C1CC(C(=O)OC(C)(C)C)N(C)C1. The Balaban J connectivity index is 2.58. The van der Waals surface area contributed by atoms with E-state index in [1.165, 1.54) is 0 Å². The average molecular weight is 225 g/mol. The van der Waals surface area contributed by atoms with Crippen molar-refractivity contribution in [2.45, 2.75) is 45.8 Å². The van der Waals surface area contributed by atoms with Gasteiger partial charge in [-0.25, -0.2) is 0 Å². The summed E-state index contributed by atoms with van der Waals surface area (Å²) in [5.41, 5.74) is -0.392. The summed E-state index contributed by atoms with van der Waals surface area (Å²) in [5, 5.41) is 0. The van der Waals surface area contributed by atoms with Crippen molar-refractivity contribution in [2.24, 2.45) is 5.92 Å². The second-order valence-corrected chi connectivity index (χ2v) is 5.51. The van der Waals surface area contributed by atoms with Gasteiger partial charge in [0.05, 0.1) is 0 Å². The van der Waals surface area contributed by atoms with E-state index >= 15 is 0 Å². The topological polar surface area (TPSA) is 29.5 Å². The number of carbonyl (C=O) groups excluding carboxylic acids is 1. The molecule has 0 N–H and O–H groups in total. The molecule has 0 spiro atoms. The molecule has 2 atom stereocenters. The minimum atomic E-state index is -0.392. The van der Waals surface area contributed by atoms with Gasteiger partial charge in [0, 0.05) is 6.54 Å². The highest BCUT2D eigenvalue weighted by Gasteiger charge is 2.35. The molecule has 3 heteroatoms. The lowest BCUT2D eigenvalue weighted by atomic mass is 10.1. The Morgan fingerprint density at radius 3 is 2.56 bits per heavy atom. The van der Waals surface area contributed by atoms with E-state index in [0.29, 0.717) is 5.92 Å². The highest BCUT2D eigenvalue weighted by molar-refractivity contribution is 5.76. The molecule has 1 saturated heterocycles. The van der Waals surface area contributed by atoms with Gasteiger partial charge in [0.15, 0.2) is 0 Å². The monoisotopic (exact) mass is 225 g/mol. The number of ether oxygens (including phenoxy) is 1. The standard InChI is InChI=1S/C13H23NO2/c1-6-7-10-8-11(14(5)9-10)12(15)16-13(2,3)4/h6-7,10-11H,8-9H2,1-5H3/b7-6-. The quantitative estimate of drug-likeness (QED) is 0.533. The molecule has 1 rings (SSSR count). The van der Waals surface area contributed by atoms with Crippen LogP contribution in [0.15, 0.2) is 12.2 Å². The van der Waals surface area contributed by atoms with E-state index in [2.05, 4.69) is 17.1 Å². The summed E-state index contributed by atoms with van der Waals surface area (Å²) < 4.78 is 5.41. The molecule has 16 heavy (non-hydrogen) atoms. The van der Waals surface area contributed by atoms with Crippen LogP contribution in [0.2, 0.25) is 0 Å². The molecular weight excluding hydrogens is 202 g/mol. The lowest BCUT2D eigenvalue weighted by Gasteiger charge is -2.24. The number of nitrogens with zero attached hydrogens (tertiary/aromatic N) is 1. The molecule has 2 unspecified atom stereocenters. The van der Waals surface area contributed by atoms with Crippen LogP contribution in [0.1, 0.15) is 34.1 Å². The molecule has 0 radical (unpaired) electrons. The Labute approximate surface area is 98.5 Å². The molecule has 3 nitrogen and oxygen atoms in total. The van der Waals surface area contributed by atoms with Crippen molar-refractivity contribution in [1.29, 1.82) is 0 Å². The summed E-state index contributed by atoms with van der Waals surface area (Å²) in [6.07, 6.45) is 5.09. The molecular formula is C13H23NO2. The van der Waals surface area contributed by atoms with E-state index in [0.717, 1.165) is 13.0 Å². The first-order valence-corrected chi connectivity index (χ1v) is 5.89. The Bertz CT molecular complexity index is 278. The second-order valence-electron chi connectivity index (χ2n) is 5.51. The van der Waals surface area contributed by atoms with Gasteiger partial charge in [-0.05, 0) is 47.1 Å². The average Bonchev–Trinajstić information content (AvgIpc) is 2.44. The molecule has 1 aliphatic rings. The molecule has 0 amide bonds. The van der Waals surface area contributed by atoms with Crippen molar-refractivity contribution in [3.05, 3.63) is 12.2 Å². The molecule has 1 aliphatic heterocycles. The fourth-order valence-corrected chi connectivity index (χ4v) is 2.10. The Morgan fingerprint density at radius 2 is 2.06 bits per heavy atom.